The average Bonchev–Trinajstić information content (AvgIpc) is 3.40. The first-order valence-corrected chi connectivity index (χ1v) is 14.9. The summed E-state index contributed by atoms with van der Waals surface area (Å²) in [6.45, 7) is 1.85. The van der Waals surface area contributed by atoms with Gasteiger partial charge in [0.2, 0.25) is 15.9 Å². The zero-order valence-corrected chi connectivity index (χ0v) is 23.6. The van der Waals surface area contributed by atoms with Crippen LogP contribution in [0.5, 0.6) is 0 Å². The van der Waals surface area contributed by atoms with Gasteiger partial charge in [-0.05, 0) is 35.7 Å². The van der Waals surface area contributed by atoms with Gasteiger partial charge in [0.05, 0.1) is 30.0 Å². The Morgan fingerprint density at radius 1 is 0.756 bits per heavy atom. The number of nitrogens with one attached hydrogen (secondary N) is 1. The molecule has 0 aliphatic carbocycles. The Bertz CT molecular complexity index is 1580. The molecule has 5 atom stereocenters. The van der Waals surface area contributed by atoms with Crippen molar-refractivity contribution in [2.75, 3.05) is 7.11 Å². The summed E-state index contributed by atoms with van der Waals surface area (Å²) in [5.74, 6) is -2.91. The first-order valence-electron chi connectivity index (χ1n) is 13.5. The number of methoxy groups -OCH3 is 1. The van der Waals surface area contributed by atoms with Gasteiger partial charge in [-0.3, -0.25) is 9.59 Å². The molecule has 1 fully saturated rings. The van der Waals surface area contributed by atoms with Gasteiger partial charge in [-0.15, -0.1) is 0 Å². The molecular weight excluding hydrogens is 536 g/mol. The summed E-state index contributed by atoms with van der Waals surface area (Å²) in [7, 11) is -3.00. The molecule has 7 nitrogen and oxygen atoms in total. The molecule has 0 bridgehead atoms. The van der Waals surface area contributed by atoms with Crippen molar-refractivity contribution in [2.24, 2.45) is 5.92 Å². The lowest BCUT2D eigenvalue weighted by Crippen LogP contribution is -2.49. The Kier molecular flexibility index (Phi) is 8.33. The maximum absolute atomic E-state index is 14.5. The van der Waals surface area contributed by atoms with Gasteiger partial charge in [-0.1, -0.05) is 109 Å². The Morgan fingerprint density at radius 3 is 1.78 bits per heavy atom. The lowest BCUT2D eigenvalue weighted by molar-refractivity contribution is -0.146. The fraction of sp³-hybridized carbons (Fsp3) is 0.212. The number of benzene rings is 4. The van der Waals surface area contributed by atoms with Crippen molar-refractivity contribution in [1.82, 2.24) is 9.62 Å². The molecule has 5 rings (SSSR count). The predicted molar refractivity (Wildman–Crippen MR) is 156 cm³/mol. The molecular formula is C33H32N2O5S. The van der Waals surface area contributed by atoms with Crippen LogP contribution in [-0.4, -0.2) is 37.8 Å². The fourth-order valence-electron chi connectivity index (χ4n) is 5.78. The molecule has 5 unspecified atom stereocenters. The van der Waals surface area contributed by atoms with Crippen LogP contribution in [0.15, 0.2) is 126 Å². The van der Waals surface area contributed by atoms with Crippen molar-refractivity contribution in [3.63, 3.8) is 0 Å². The fourth-order valence-corrected chi connectivity index (χ4v) is 7.60. The molecule has 1 aliphatic rings. The molecule has 41 heavy (non-hydrogen) atoms. The molecule has 0 aromatic heterocycles. The third-order valence-electron chi connectivity index (χ3n) is 7.66. The van der Waals surface area contributed by atoms with E-state index < -0.39 is 51.9 Å². The molecule has 4 aromatic rings. The van der Waals surface area contributed by atoms with Crippen molar-refractivity contribution in [3.8, 4) is 0 Å². The van der Waals surface area contributed by atoms with Crippen LogP contribution in [-0.2, 0) is 24.3 Å². The van der Waals surface area contributed by atoms with E-state index in [1.165, 1.54) is 23.5 Å². The molecule has 0 saturated carbocycles. The van der Waals surface area contributed by atoms with E-state index in [1.54, 1.807) is 42.5 Å². The summed E-state index contributed by atoms with van der Waals surface area (Å²) in [4.78, 5) is 28.0. The van der Waals surface area contributed by atoms with Crippen LogP contribution in [0, 0.1) is 5.92 Å². The van der Waals surface area contributed by atoms with Gasteiger partial charge in [0.25, 0.3) is 0 Å². The van der Waals surface area contributed by atoms with Crippen LogP contribution in [0.1, 0.15) is 41.6 Å². The Labute approximate surface area is 240 Å². The topological polar surface area (TPSA) is 92.8 Å². The van der Waals surface area contributed by atoms with Gasteiger partial charge in [-0.2, -0.15) is 4.31 Å². The van der Waals surface area contributed by atoms with Gasteiger partial charge < -0.3 is 10.1 Å². The quantitative estimate of drug-likeness (QED) is 0.293. The highest BCUT2D eigenvalue weighted by atomic mass is 32.2. The van der Waals surface area contributed by atoms with Crippen LogP contribution in [0.2, 0.25) is 0 Å². The number of nitrogens with zero attached hydrogens (tertiary/aromatic N) is 1. The summed E-state index contributed by atoms with van der Waals surface area (Å²) >= 11 is 0. The van der Waals surface area contributed by atoms with E-state index in [9.17, 15) is 18.0 Å². The highest BCUT2D eigenvalue weighted by molar-refractivity contribution is 7.89. The van der Waals surface area contributed by atoms with E-state index in [0.717, 1.165) is 5.56 Å². The van der Waals surface area contributed by atoms with Gasteiger partial charge in [0.1, 0.15) is 6.04 Å². The molecule has 1 amide bonds. The van der Waals surface area contributed by atoms with Crippen molar-refractivity contribution < 1.29 is 22.7 Å². The summed E-state index contributed by atoms with van der Waals surface area (Å²) in [5, 5.41) is 3.04. The smallest absolute Gasteiger partial charge is 0.311 e. The second kappa shape index (κ2) is 12.1. The molecule has 0 spiro atoms. The number of hydrogen-bond acceptors (Lipinski definition) is 5. The van der Waals surface area contributed by atoms with E-state index in [4.69, 9.17) is 4.74 Å². The van der Waals surface area contributed by atoms with Crippen molar-refractivity contribution >= 4 is 21.9 Å². The van der Waals surface area contributed by atoms with Crippen molar-refractivity contribution in [1.29, 1.82) is 0 Å². The standard InChI is InChI=1S/C33H32N2O5S/c1-23(24-15-7-3-8-16-24)34-32(36)31-28(25-17-9-4-10-18-25)29(33(37)40-2)30(26-19-11-5-12-20-26)35(31)41(38,39)27-21-13-6-14-22-27/h3-23,28-31H,1-2H3,(H,34,36). The average molecular weight is 569 g/mol. The van der Waals surface area contributed by atoms with Crippen LogP contribution in [0.3, 0.4) is 0 Å². The van der Waals surface area contributed by atoms with E-state index >= 15 is 0 Å². The van der Waals surface area contributed by atoms with Crippen LogP contribution < -0.4 is 5.32 Å². The summed E-state index contributed by atoms with van der Waals surface area (Å²) < 4.78 is 35.5. The van der Waals surface area contributed by atoms with E-state index in [0.29, 0.717) is 11.1 Å². The van der Waals surface area contributed by atoms with Crippen molar-refractivity contribution in [2.45, 2.75) is 35.9 Å². The second-order valence-electron chi connectivity index (χ2n) is 10.1. The maximum Gasteiger partial charge on any atom is 0.311 e. The lowest BCUT2D eigenvalue weighted by atomic mass is 9.79. The van der Waals surface area contributed by atoms with Crippen LogP contribution in [0.25, 0.3) is 0 Å². The van der Waals surface area contributed by atoms with E-state index in [1.807, 2.05) is 73.7 Å². The highest BCUT2D eigenvalue weighted by Gasteiger charge is 2.60. The van der Waals surface area contributed by atoms with Gasteiger partial charge >= 0.3 is 5.97 Å². The summed E-state index contributed by atoms with van der Waals surface area (Å²) in [6, 6.07) is 32.9. The second-order valence-corrected chi connectivity index (χ2v) is 11.9. The first-order chi connectivity index (χ1) is 19.8. The van der Waals surface area contributed by atoms with Gasteiger partial charge in [0, 0.05) is 5.92 Å². The predicted octanol–water partition coefficient (Wildman–Crippen LogP) is 5.25. The largest absolute Gasteiger partial charge is 0.469 e. The molecule has 1 heterocycles. The zero-order valence-electron chi connectivity index (χ0n) is 22.8. The molecule has 1 aliphatic heterocycles. The number of rotatable bonds is 8. The Balaban J connectivity index is 1.74. The van der Waals surface area contributed by atoms with E-state index in [-0.39, 0.29) is 4.90 Å². The number of sulfonamides is 1. The molecule has 1 N–H and O–H groups in total. The lowest BCUT2D eigenvalue weighted by Gasteiger charge is -2.31. The summed E-state index contributed by atoms with van der Waals surface area (Å²) in [5.41, 5.74) is 2.13. The van der Waals surface area contributed by atoms with Gasteiger partial charge in [0.15, 0.2) is 0 Å². The molecule has 4 aromatic carbocycles. The minimum atomic E-state index is -4.28. The van der Waals surface area contributed by atoms with Crippen LogP contribution >= 0.6 is 0 Å². The number of carbonyl (C=O) groups is 2. The number of amides is 1. The van der Waals surface area contributed by atoms with E-state index in [2.05, 4.69) is 5.32 Å². The normalized spacial score (nSPS) is 21.6. The molecule has 8 heteroatoms. The molecule has 0 radical (unpaired) electrons. The minimum Gasteiger partial charge on any atom is -0.469 e. The monoisotopic (exact) mass is 568 g/mol. The van der Waals surface area contributed by atoms with Gasteiger partial charge in [-0.25, -0.2) is 8.42 Å². The SMILES string of the molecule is COC(=O)C1C(c2ccccc2)C(C(=O)NC(C)c2ccccc2)N(S(=O)(=O)c2ccccc2)C1c1ccccc1. The zero-order chi connectivity index (χ0) is 29.0. The Morgan fingerprint density at radius 2 is 1.24 bits per heavy atom. The number of carbonyl (C=O) groups excluding carboxylic acids is 2. The minimum absolute atomic E-state index is 0.0344. The third kappa shape index (κ3) is 5.53. The first kappa shape index (κ1) is 28.3. The third-order valence-corrected chi connectivity index (χ3v) is 9.54. The molecule has 210 valence electrons. The highest BCUT2D eigenvalue weighted by Crippen LogP contribution is 2.52. The summed E-state index contributed by atoms with van der Waals surface area (Å²) in [6.07, 6.45) is 0. The molecule has 1 saturated heterocycles. The van der Waals surface area contributed by atoms with Crippen LogP contribution in [0.4, 0.5) is 0 Å². The van der Waals surface area contributed by atoms with Crippen molar-refractivity contribution in [3.05, 3.63) is 138 Å². The number of hydrogen-bond donors (Lipinski definition) is 1. The Hall–Kier alpha value is -4.27. The number of esters is 1. The maximum atomic E-state index is 14.5. The number of ether oxygens (including phenoxy) is 1.